The average molecular weight is 336 g/mol. The van der Waals surface area contributed by atoms with Gasteiger partial charge in [0.05, 0.1) is 10.5 Å². The molecule has 100 valence electrons. The lowest BCUT2D eigenvalue weighted by atomic mass is 9.92. The molecule has 0 aliphatic heterocycles. The molecular weight excluding hydrogens is 328 g/mol. The van der Waals surface area contributed by atoms with Gasteiger partial charge in [0.25, 0.3) is 0 Å². The zero-order valence-electron chi connectivity index (χ0n) is 10.1. The Bertz CT molecular complexity index is 709. The van der Waals surface area contributed by atoms with Gasteiger partial charge in [-0.1, -0.05) is 12.1 Å². The molecule has 2 rings (SSSR count). The third-order valence-corrected chi connectivity index (χ3v) is 3.39. The van der Waals surface area contributed by atoms with Gasteiger partial charge in [-0.3, -0.25) is 4.79 Å². The van der Waals surface area contributed by atoms with Crippen molar-refractivity contribution < 1.29 is 13.6 Å². The number of hydrogen-bond donors (Lipinski definition) is 0. The topological polar surface area (TPSA) is 40.9 Å². The molecule has 1 atom stereocenters. The third kappa shape index (κ3) is 2.91. The van der Waals surface area contributed by atoms with E-state index in [9.17, 15) is 13.6 Å². The molecule has 0 N–H and O–H groups in total. The van der Waals surface area contributed by atoms with E-state index in [0.29, 0.717) is 0 Å². The molecule has 0 bridgehead atoms. The van der Waals surface area contributed by atoms with Gasteiger partial charge in [-0.15, -0.1) is 0 Å². The van der Waals surface area contributed by atoms with Crippen LogP contribution in [0.1, 0.15) is 21.8 Å². The maximum atomic E-state index is 13.2. The lowest BCUT2D eigenvalue weighted by Crippen LogP contribution is -2.11. The van der Waals surface area contributed by atoms with Crippen molar-refractivity contribution in [2.24, 2.45) is 0 Å². The maximum Gasteiger partial charge on any atom is 0.184 e. The van der Waals surface area contributed by atoms with Gasteiger partial charge >= 0.3 is 0 Å². The summed E-state index contributed by atoms with van der Waals surface area (Å²) in [4.78, 5) is 12.3. The fraction of sp³-hybridized carbons (Fsp3) is 0.0667. The molecule has 0 saturated carbocycles. The number of nitriles is 1. The van der Waals surface area contributed by atoms with E-state index in [0.717, 1.165) is 12.1 Å². The minimum absolute atomic E-state index is 0.138. The van der Waals surface area contributed by atoms with E-state index in [2.05, 4.69) is 15.9 Å². The van der Waals surface area contributed by atoms with Crippen molar-refractivity contribution in [3.63, 3.8) is 0 Å². The highest BCUT2D eigenvalue weighted by Gasteiger charge is 2.22. The van der Waals surface area contributed by atoms with Gasteiger partial charge in [-0.25, -0.2) is 8.78 Å². The van der Waals surface area contributed by atoms with Gasteiger partial charge in [0, 0.05) is 5.56 Å². The van der Waals surface area contributed by atoms with Crippen LogP contribution in [0.4, 0.5) is 8.78 Å². The van der Waals surface area contributed by atoms with Crippen molar-refractivity contribution >= 4 is 21.7 Å². The fourth-order valence-corrected chi connectivity index (χ4v) is 2.17. The van der Waals surface area contributed by atoms with E-state index in [1.54, 1.807) is 0 Å². The SMILES string of the molecule is N#CC(C(=O)c1ccc(F)c(Br)c1)c1cccc(F)c1. The molecule has 0 fully saturated rings. The number of ketones is 1. The first-order valence-corrected chi connectivity index (χ1v) is 6.46. The smallest absolute Gasteiger partial charge is 0.184 e. The lowest BCUT2D eigenvalue weighted by Gasteiger charge is -2.09. The second-order valence-corrected chi connectivity index (χ2v) is 4.96. The summed E-state index contributed by atoms with van der Waals surface area (Å²) in [5.41, 5.74) is 0.465. The Labute approximate surface area is 122 Å². The number of nitrogens with zero attached hydrogens (tertiary/aromatic N) is 1. The monoisotopic (exact) mass is 335 g/mol. The Kier molecular flexibility index (Phi) is 4.26. The van der Waals surface area contributed by atoms with Crippen LogP contribution in [0.25, 0.3) is 0 Å². The van der Waals surface area contributed by atoms with Crippen LogP contribution in [0, 0.1) is 23.0 Å². The second-order valence-electron chi connectivity index (χ2n) is 4.11. The highest BCUT2D eigenvalue weighted by atomic mass is 79.9. The Morgan fingerprint density at radius 2 is 1.95 bits per heavy atom. The van der Waals surface area contributed by atoms with Gasteiger partial charge < -0.3 is 0 Å². The molecule has 0 aromatic heterocycles. The van der Waals surface area contributed by atoms with Crippen LogP contribution in [-0.4, -0.2) is 5.78 Å². The summed E-state index contributed by atoms with van der Waals surface area (Å²) in [6.07, 6.45) is 0. The molecular formula is C15H8BrF2NO. The summed E-state index contributed by atoms with van der Waals surface area (Å²) in [6, 6.07) is 10.9. The Hall–Kier alpha value is -2.06. The van der Waals surface area contributed by atoms with Crippen molar-refractivity contribution in [3.05, 3.63) is 69.7 Å². The van der Waals surface area contributed by atoms with Crippen molar-refractivity contribution in [1.82, 2.24) is 0 Å². The fourth-order valence-electron chi connectivity index (χ4n) is 1.79. The normalized spacial score (nSPS) is 11.7. The summed E-state index contributed by atoms with van der Waals surface area (Å²) in [7, 11) is 0. The highest BCUT2D eigenvalue weighted by molar-refractivity contribution is 9.10. The van der Waals surface area contributed by atoms with Crippen LogP contribution in [-0.2, 0) is 0 Å². The summed E-state index contributed by atoms with van der Waals surface area (Å²) in [6.45, 7) is 0. The van der Waals surface area contributed by atoms with Crippen LogP contribution in [0.5, 0.6) is 0 Å². The van der Waals surface area contributed by atoms with Gasteiger partial charge in [0.1, 0.15) is 17.6 Å². The summed E-state index contributed by atoms with van der Waals surface area (Å²) >= 11 is 2.98. The van der Waals surface area contributed by atoms with E-state index in [1.807, 2.05) is 6.07 Å². The summed E-state index contributed by atoms with van der Waals surface area (Å²) in [5, 5.41) is 9.15. The highest BCUT2D eigenvalue weighted by Crippen LogP contribution is 2.24. The molecule has 0 aliphatic rings. The molecule has 2 nitrogen and oxygen atoms in total. The molecule has 2 aromatic rings. The first kappa shape index (κ1) is 14.4. The van der Waals surface area contributed by atoms with Crippen molar-refractivity contribution in [1.29, 1.82) is 5.26 Å². The second kappa shape index (κ2) is 5.93. The van der Waals surface area contributed by atoms with Gasteiger partial charge in [-0.05, 0) is 51.8 Å². The predicted molar refractivity (Wildman–Crippen MR) is 73.2 cm³/mol. The summed E-state index contributed by atoms with van der Waals surface area (Å²) in [5.74, 6) is -2.64. The van der Waals surface area contributed by atoms with Crippen molar-refractivity contribution in [2.45, 2.75) is 5.92 Å². The summed E-state index contributed by atoms with van der Waals surface area (Å²) < 4.78 is 26.5. The van der Waals surface area contributed by atoms with Crippen LogP contribution in [0.2, 0.25) is 0 Å². The van der Waals surface area contributed by atoms with E-state index in [1.165, 1.54) is 30.3 Å². The predicted octanol–water partition coefficient (Wildman–Crippen LogP) is 4.22. The molecule has 0 heterocycles. The molecule has 20 heavy (non-hydrogen) atoms. The number of hydrogen-bond acceptors (Lipinski definition) is 2. The van der Waals surface area contributed by atoms with Crippen LogP contribution in [0.15, 0.2) is 46.9 Å². The standard InChI is InChI=1S/C15H8BrF2NO/c16-13-7-10(4-5-14(13)18)15(20)12(8-19)9-2-1-3-11(17)6-9/h1-7,12H. The molecule has 0 radical (unpaired) electrons. The van der Waals surface area contributed by atoms with Gasteiger partial charge in [-0.2, -0.15) is 5.26 Å². The maximum absolute atomic E-state index is 13.2. The minimum Gasteiger partial charge on any atom is -0.292 e. The molecule has 0 amide bonds. The average Bonchev–Trinajstić information content (AvgIpc) is 2.42. The quantitative estimate of drug-likeness (QED) is 0.788. The Balaban J connectivity index is 2.39. The molecule has 0 spiro atoms. The van der Waals surface area contributed by atoms with Crippen LogP contribution in [0.3, 0.4) is 0 Å². The van der Waals surface area contributed by atoms with Crippen LogP contribution < -0.4 is 0 Å². The number of rotatable bonds is 3. The van der Waals surface area contributed by atoms with Gasteiger partial charge in [0.2, 0.25) is 0 Å². The Morgan fingerprint density at radius 1 is 1.20 bits per heavy atom. The molecule has 0 aliphatic carbocycles. The van der Waals surface area contributed by atoms with Crippen molar-refractivity contribution in [3.8, 4) is 6.07 Å². The minimum atomic E-state index is -1.12. The number of halogens is 3. The van der Waals surface area contributed by atoms with Crippen LogP contribution >= 0.6 is 15.9 Å². The van der Waals surface area contributed by atoms with Crippen molar-refractivity contribution in [2.75, 3.05) is 0 Å². The van der Waals surface area contributed by atoms with E-state index < -0.39 is 23.3 Å². The van der Waals surface area contributed by atoms with E-state index in [4.69, 9.17) is 5.26 Å². The molecule has 1 unspecified atom stereocenters. The van der Waals surface area contributed by atoms with E-state index >= 15 is 0 Å². The number of benzene rings is 2. The van der Waals surface area contributed by atoms with E-state index in [-0.39, 0.29) is 15.6 Å². The first-order valence-electron chi connectivity index (χ1n) is 5.67. The number of carbonyl (C=O) groups excluding carboxylic acids is 1. The van der Waals surface area contributed by atoms with Gasteiger partial charge in [0.15, 0.2) is 5.78 Å². The number of carbonyl (C=O) groups is 1. The first-order chi connectivity index (χ1) is 9.52. The largest absolute Gasteiger partial charge is 0.292 e. The Morgan fingerprint density at radius 3 is 2.55 bits per heavy atom. The zero-order chi connectivity index (χ0) is 14.7. The lowest BCUT2D eigenvalue weighted by molar-refractivity contribution is 0.0978. The molecule has 0 saturated heterocycles. The molecule has 2 aromatic carbocycles. The molecule has 5 heteroatoms. The third-order valence-electron chi connectivity index (χ3n) is 2.78. The number of Topliss-reactive ketones (excluding diaryl/α,β-unsaturated/α-hetero) is 1. The zero-order valence-corrected chi connectivity index (χ0v) is 11.7.